The first-order valence-electron chi connectivity index (χ1n) is 11.9. The molecule has 1 amide bonds. The van der Waals surface area contributed by atoms with E-state index >= 15 is 0 Å². The minimum absolute atomic E-state index is 0.0372. The van der Waals surface area contributed by atoms with Crippen molar-refractivity contribution in [3.63, 3.8) is 0 Å². The van der Waals surface area contributed by atoms with Gasteiger partial charge in [-0.15, -0.1) is 11.3 Å². The second-order valence-corrected chi connectivity index (χ2v) is 12.1. The Hall–Kier alpha value is -3.92. The van der Waals surface area contributed by atoms with Gasteiger partial charge in [-0.2, -0.15) is 0 Å². The average molecular weight is 578 g/mol. The number of hydrogen-bond donors (Lipinski definition) is 1. The van der Waals surface area contributed by atoms with Crippen LogP contribution in [0.4, 0.5) is 11.4 Å². The average Bonchev–Trinajstić information content (AvgIpc) is 3.36. The number of hydrogen-bond acceptors (Lipinski definition) is 6. The summed E-state index contributed by atoms with van der Waals surface area (Å²) in [6.45, 7) is 1.55. The molecule has 0 radical (unpaired) electrons. The molecule has 0 aliphatic rings. The first kappa shape index (κ1) is 26.7. The van der Waals surface area contributed by atoms with Gasteiger partial charge in [0.2, 0.25) is 5.91 Å². The Kier molecular flexibility index (Phi) is 7.56. The van der Waals surface area contributed by atoms with Crippen molar-refractivity contribution >= 4 is 60.5 Å². The van der Waals surface area contributed by atoms with E-state index < -0.39 is 22.5 Å². The van der Waals surface area contributed by atoms with E-state index in [0.717, 1.165) is 25.1 Å². The molecule has 0 atom stereocenters. The van der Waals surface area contributed by atoms with Crippen molar-refractivity contribution in [3.05, 3.63) is 102 Å². The number of ether oxygens (including phenoxy) is 1. The van der Waals surface area contributed by atoms with Gasteiger partial charge in [0, 0.05) is 16.3 Å². The molecule has 10 heteroatoms. The third kappa shape index (κ3) is 5.75. The second-order valence-electron chi connectivity index (χ2n) is 8.76. The Morgan fingerprint density at radius 1 is 1.00 bits per heavy atom. The minimum Gasteiger partial charge on any atom is -0.495 e. The lowest BCUT2D eigenvalue weighted by molar-refractivity contribution is -0.114. The third-order valence-corrected chi connectivity index (χ3v) is 9.06. The van der Waals surface area contributed by atoms with Gasteiger partial charge in [0.25, 0.3) is 10.0 Å². The van der Waals surface area contributed by atoms with Crippen molar-refractivity contribution in [3.8, 4) is 16.3 Å². The number of nitrogens with one attached hydrogen (secondary N) is 1. The number of aryl methyl sites for hydroxylation is 1. The Balaban J connectivity index is 1.40. The van der Waals surface area contributed by atoms with E-state index in [2.05, 4.69) is 11.4 Å². The van der Waals surface area contributed by atoms with Crippen molar-refractivity contribution in [2.24, 2.45) is 0 Å². The normalized spacial score (nSPS) is 11.4. The number of anilines is 2. The number of fused-ring (bicyclic) bond motifs is 1. The molecule has 5 aromatic rings. The van der Waals surface area contributed by atoms with Crippen LogP contribution in [0.1, 0.15) is 5.56 Å². The number of amides is 1. The van der Waals surface area contributed by atoms with Gasteiger partial charge in [0.05, 0.1) is 27.9 Å². The lowest BCUT2D eigenvalue weighted by Gasteiger charge is -2.26. The predicted octanol–water partition coefficient (Wildman–Crippen LogP) is 6.77. The molecular formula is C29H24ClN3O4S2. The number of rotatable bonds is 8. The van der Waals surface area contributed by atoms with Crippen LogP contribution in [0.2, 0.25) is 5.02 Å². The predicted molar refractivity (Wildman–Crippen MR) is 157 cm³/mol. The van der Waals surface area contributed by atoms with Crippen LogP contribution >= 0.6 is 22.9 Å². The summed E-state index contributed by atoms with van der Waals surface area (Å²) in [6, 6.07) is 25.9. The van der Waals surface area contributed by atoms with Crippen LogP contribution in [0.15, 0.2) is 95.9 Å². The quantitative estimate of drug-likeness (QED) is 0.220. The monoisotopic (exact) mass is 577 g/mol. The van der Waals surface area contributed by atoms with Crippen molar-refractivity contribution in [2.75, 3.05) is 23.3 Å². The van der Waals surface area contributed by atoms with Crippen molar-refractivity contribution in [1.29, 1.82) is 0 Å². The molecule has 4 aromatic carbocycles. The summed E-state index contributed by atoms with van der Waals surface area (Å²) >= 11 is 7.80. The molecule has 0 saturated heterocycles. The molecule has 1 aromatic heterocycles. The maximum atomic E-state index is 13.6. The molecule has 1 heterocycles. The van der Waals surface area contributed by atoms with E-state index in [9.17, 15) is 13.2 Å². The molecule has 0 saturated carbocycles. The topological polar surface area (TPSA) is 88.6 Å². The highest BCUT2D eigenvalue weighted by atomic mass is 35.5. The molecule has 0 bridgehead atoms. The van der Waals surface area contributed by atoms with Crippen LogP contribution in [-0.2, 0) is 14.8 Å². The van der Waals surface area contributed by atoms with Crippen molar-refractivity contribution < 1.29 is 17.9 Å². The van der Waals surface area contributed by atoms with Gasteiger partial charge in [-0.05, 0) is 79.2 Å². The smallest absolute Gasteiger partial charge is 0.264 e. The van der Waals surface area contributed by atoms with Gasteiger partial charge in [-0.3, -0.25) is 9.10 Å². The number of aromatic nitrogens is 1. The molecule has 198 valence electrons. The van der Waals surface area contributed by atoms with E-state index in [-0.39, 0.29) is 16.3 Å². The molecule has 1 N–H and O–H groups in total. The number of methoxy groups -OCH3 is 1. The zero-order chi connectivity index (χ0) is 27.6. The Bertz CT molecular complexity index is 1760. The van der Waals surface area contributed by atoms with Crippen LogP contribution in [0.5, 0.6) is 5.75 Å². The number of halogens is 1. The zero-order valence-electron chi connectivity index (χ0n) is 21.1. The summed E-state index contributed by atoms with van der Waals surface area (Å²) in [4.78, 5) is 17.9. The summed E-state index contributed by atoms with van der Waals surface area (Å²) in [5.74, 6) is -0.262. The van der Waals surface area contributed by atoms with Crippen LogP contribution in [-0.4, -0.2) is 33.0 Å². The SMILES string of the molecule is COc1ccc(Cl)cc1N(CC(=O)Nc1ccc(-c2nc3ccc(C)cc3s2)cc1)S(=O)(=O)c1ccccc1. The second kappa shape index (κ2) is 11.1. The molecule has 0 aliphatic carbocycles. The maximum absolute atomic E-state index is 13.6. The number of nitrogens with zero attached hydrogens (tertiary/aromatic N) is 2. The number of carbonyl (C=O) groups is 1. The largest absolute Gasteiger partial charge is 0.495 e. The minimum atomic E-state index is -4.12. The molecule has 0 spiro atoms. The highest BCUT2D eigenvalue weighted by molar-refractivity contribution is 7.92. The molecule has 0 aliphatic heterocycles. The van der Waals surface area contributed by atoms with Crippen LogP contribution in [0.3, 0.4) is 0 Å². The summed E-state index contributed by atoms with van der Waals surface area (Å²) < 4.78 is 34.8. The van der Waals surface area contributed by atoms with Crippen LogP contribution in [0.25, 0.3) is 20.8 Å². The first-order valence-corrected chi connectivity index (χ1v) is 14.6. The third-order valence-electron chi connectivity index (χ3n) is 5.99. The fourth-order valence-electron chi connectivity index (χ4n) is 4.06. The zero-order valence-corrected chi connectivity index (χ0v) is 23.5. The molecule has 0 unspecified atom stereocenters. The van der Waals surface area contributed by atoms with Gasteiger partial charge in [0.1, 0.15) is 17.3 Å². The molecule has 0 fully saturated rings. The first-order chi connectivity index (χ1) is 18.7. The molecule has 5 rings (SSSR count). The molecule has 7 nitrogen and oxygen atoms in total. The Morgan fingerprint density at radius 3 is 2.46 bits per heavy atom. The molecular weight excluding hydrogens is 554 g/mol. The van der Waals surface area contributed by atoms with Gasteiger partial charge < -0.3 is 10.1 Å². The van der Waals surface area contributed by atoms with Crippen LogP contribution < -0.4 is 14.4 Å². The summed E-state index contributed by atoms with van der Waals surface area (Å²) in [7, 11) is -2.70. The number of sulfonamides is 1. The fourth-order valence-corrected chi connectivity index (χ4v) is 6.74. The van der Waals surface area contributed by atoms with E-state index in [1.165, 1.54) is 30.9 Å². The Morgan fingerprint density at radius 2 is 1.74 bits per heavy atom. The van der Waals surface area contributed by atoms with E-state index in [4.69, 9.17) is 21.3 Å². The van der Waals surface area contributed by atoms with Crippen molar-refractivity contribution in [1.82, 2.24) is 4.98 Å². The maximum Gasteiger partial charge on any atom is 0.264 e. The van der Waals surface area contributed by atoms with E-state index in [1.807, 2.05) is 31.2 Å². The lowest BCUT2D eigenvalue weighted by atomic mass is 10.2. The van der Waals surface area contributed by atoms with Crippen LogP contribution in [0, 0.1) is 6.92 Å². The van der Waals surface area contributed by atoms with E-state index in [0.29, 0.717) is 10.7 Å². The summed E-state index contributed by atoms with van der Waals surface area (Å²) in [6.07, 6.45) is 0. The van der Waals surface area contributed by atoms with Crippen molar-refractivity contribution in [2.45, 2.75) is 11.8 Å². The molecule has 39 heavy (non-hydrogen) atoms. The summed E-state index contributed by atoms with van der Waals surface area (Å²) in [5.41, 5.74) is 3.72. The van der Waals surface area contributed by atoms with Gasteiger partial charge in [-0.25, -0.2) is 13.4 Å². The van der Waals surface area contributed by atoms with E-state index in [1.54, 1.807) is 53.8 Å². The number of thiazole rings is 1. The highest BCUT2D eigenvalue weighted by Gasteiger charge is 2.29. The number of benzene rings is 4. The number of carbonyl (C=O) groups excluding carboxylic acids is 1. The summed E-state index contributed by atoms with van der Waals surface area (Å²) in [5, 5.41) is 3.98. The van der Waals surface area contributed by atoms with Gasteiger partial charge >= 0.3 is 0 Å². The lowest BCUT2D eigenvalue weighted by Crippen LogP contribution is -2.38. The highest BCUT2D eigenvalue weighted by Crippen LogP contribution is 2.35. The fraction of sp³-hybridized carbons (Fsp3) is 0.103. The van der Waals surface area contributed by atoms with Gasteiger partial charge in [-0.1, -0.05) is 35.9 Å². The Labute approximate surface area is 235 Å². The standard InChI is InChI=1S/C29H24ClN3O4S2/c1-19-8-14-24-27(16-19)38-29(32-24)20-9-12-22(13-10-20)31-28(34)18-33(25-17-21(30)11-15-26(25)37-2)39(35,36)23-6-4-3-5-7-23/h3-17H,18H2,1-2H3,(H,31,34). The van der Waals surface area contributed by atoms with Gasteiger partial charge in [0.15, 0.2) is 0 Å².